The van der Waals surface area contributed by atoms with Gasteiger partial charge in [0.15, 0.2) is 5.78 Å². The standard InChI is InChI=1S/C23H20ClNO2/c24-18-12-7-13-19(14-18)25-21(26)15-20(16-8-3-1-4-9-16)22(25)23(27)17-10-5-2-6-11-17/h1-14,20-22,26H,15H2/t20-,21+,22+/m0/s1. The number of hydrogen-bond acceptors (Lipinski definition) is 3. The van der Waals surface area contributed by atoms with Crippen molar-refractivity contribution in [1.29, 1.82) is 0 Å². The molecule has 4 heteroatoms. The van der Waals surface area contributed by atoms with E-state index in [1.807, 2.05) is 72.8 Å². The molecule has 136 valence electrons. The summed E-state index contributed by atoms with van der Waals surface area (Å²) in [6.07, 6.45) is -0.272. The van der Waals surface area contributed by atoms with Crippen LogP contribution in [0.1, 0.15) is 28.3 Å². The first-order valence-corrected chi connectivity index (χ1v) is 9.39. The van der Waals surface area contributed by atoms with Crippen molar-refractivity contribution in [1.82, 2.24) is 0 Å². The van der Waals surface area contributed by atoms with E-state index in [1.165, 1.54) is 0 Å². The van der Waals surface area contributed by atoms with Gasteiger partial charge in [-0.05, 0) is 23.8 Å². The first-order valence-electron chi connectivity index (χ1n) is 9.01. The van der Waals surface area contributed by atoms with Gasteiger partial charge in [-0.3, -0.25) is 4.79 Å². The lowest BCUT2D eigenvalue weighted by Gasteiger charge is -2.31. The Balaban J connectivity index is 1.80. The molecule has 1 saturated heterocycles. The zero-order valence-electron chi connectivity index (χ0n) is 14.7. The summed E-state index contributed by atoms with van der Waals surface area (Å²) < 4.78 is 0. The number of aliphatic hydroxyl groups excluding tert-OH is 1. The molecular weight excluding hydrogens is 358 g/mol. The third-order valence-corrected chi connectivity index (χ3v) is 5.36. The summed E-state index contributed by atoms with van der Waals surface area (Å²) in [5, 5.41) is 11.4. The van der Waals surface area contributed by atoms with Crippen LogP contribution in [0, 0.1) is 0 Å². The van der Waals surface area contributed by atoms with Crippen molar-refractivity contribution in [3.8, 4) is 0 Å². The number of ketones is 1. The highest BCUT2D eigenvalue weighted by atomic mass is 35.5. The molecule has 1 aliphatic heterocycles. The van der Waals surface area contributed by atoms with Gasteiger partial charge in [-0.15, -0.1) is 0 Å². The minimum atomic E-state index is -0.758. The van der Waals surface area contributed by atoms with Gasteiger partial charge in [0.05, 0.1) is 0 Å². The summed E-state index contributed by atoms with van der Waals surface area (Å²) in [5.41, 5.74) is 2.45. The number of hydrogen-bond donors (Lipinski definition) is 1. The average Bonchev–Trinajstić information content (AvgIpc) is 3.06. The summed E-state index contributed by atoms with van der Waals surface area (Å²) >= 11 is 6.18. The van der Waals surface area contributed by atoms with Crippen molar-refractivity contribution < 1.29 is 9.90 Å². The molecule has 4 rings (SSSR count). The Labute approximate surface area is 163 Å². The van der Waals surface area contributed by atoms with E-state index in [0.29, 0.717) is 17.0 Å². The van der Waals surface area contributed by atoms with E-state index >= 15 is 0 Å². The van der Waals surface area contributed by atoms with Gasteiger partial charge in [0.25, 0.3) is 0 Å². The SMILES string of the molecule is O=C(c1ccccc1)[C@H]1[C@H](c2ccccc2)C[C@@H](O)N1c1cccc(Cl)c1. The zero-order chi connectivity index (χ0) is 18.8. The molecule has 1 aliphatic rings. The van der Waals surface area contributed by atoms with Crippen LogP contribution in [0.15, 0.2) is 84.9 Å². The van der Waals surface area contributed by atoms with E-state index in [4.69, 9.17) is 11.6 Å². The maximum atomic E-state index is 13.5. The second-order valence-corrected chi connectivity index (χ2v) is 7.23. The topological polar surface area (TPSA) is 40.5 Å². The van der Waals surface area contributed by atoms with Gasteiger partial charge in [-0.25, -0.2) is 0 Å². The molecule has 1 fully saturated rings. The first kappa shape index (κ1) is 17.8. The van der Waals surface area contributed by atoms with Crippen molar-refractivity contribution in [2.75, 3.05) is 4.90 Å². The number of benzene rings is 3. The third kappa shape index (κ3) is 3.48. The molecule has 1 N–H and O–H groups in total. The molecular formula is C23H20ClNO2. The van der Waals surface area contributed by atoms with Gasteiger partial charge in [-0.1, -0.05) is 78.3 Å². The highest BCUT2D eigenvalue weighted by Crippen LogP contribution is 2.41. The van der Waals surface area contributed by atoms with Crippen LogP contribution in [0.2, 0.25) is 5.02 Å². The lowest BCUT2D eigenvalue weighted by atomic mass is 9.87. The highest BCUT2D eigenvalue weighted by Gasteiger charge is 2.45. The number of anilines is 1. The Hall–Kier alpha value is -2.62. The maximum Gasteiger partial charge on any atom is 0.185 e. The molecule has 3 aromatic rings. The van der Waals surface area contributed by atoms with Crippen molar-refractivity contribution >= 4 is 23.1 Å². The Morgan fingerprint density at radius 1 is 0.926 bits per heavy atom. The summed E-state index contributed by atoms with van der Waals surface area (Å²) in [5.74, 6) is -0.103. The van der Waals surface area contributed by atoms with E-state index in [9.17, 15) is 9.90 Å². The predicted molar refractivity (Wildman–Crippen MR) is 108 cm³/mol. The fraction of sp³-hybridized carbons (Fsp3) is 0.174. The van der Waals surface area contributed by atoms with Crippen LogP contribution < -0.4 is 4.90 Å². The quantitative estimate of drug-likeness (QED) is 0.657. The van der Waals surface area contributed by atoms with E-state index < -0.39 is 12.3 Å². The summed E-state index contributed by atoms with van der Waals surface area (Å²) in [4.78, 5) is 15.3. The molecule has 0 saturated carbocycles. The van der Waals surface area contributed by atoms with Gasteiger partial charge in [0, 0.05) is 28.6 Å². The van der Waals surface area contributed by atoms with Crippen LogP contribution in [0.5, 0.6) is 0 Å². The maximum absolute atomic E-state index is 13.5. The number of aliphatic hydroxyl groups is 1. The summed E-state index contributed by atoms with van der Waals surface area (Å²) in [6, 6.07) is 26.0. The van der Waals surface area contributed by atoms with Gasteiger partial charge in [-0.2, -0.15) is 0 Å². The van der Waals surface area contributed by atoms with Gasteiger partial charge in [0.2, 0.25) is 0 Å². The Kier molecular flexibility index (Phi) is 4.97. The molecule has 3 aromatic carbocycles. The highest BCUT2D eigenvalue weighted by molar-refractivity contribution is 6.30. The number of rotatable bonds is 4. The number of carbonyl (C=O) groups excluding carboxylic acids is 1. The van der Waals surface area contributed by atoms with Crippen LogP contribution in [0.4, 0.5) is 5.69 Å². The van der Waals surface area contributed by atoms with Crippen LogP contribution in [0.25, 0.3) is 0 Å². The molecule has 0 amide bonds. The van der Waals surface area contributed by atoms with E-state index in [1.54, 1.807) is 17.0 Å². The van der Waals surface area contributed by atoms with Crippen molar-refractivity contribution in [3.63, 3.8) is 0 Å². The molecule has 27 heavy (non-hydrogen) atoms. The summed E-state index contributed by atoms with van der Waals surface area (Å²) in [6.45, 7) is 0. The molecule has 0 unspecified atom stereocenters. The molecule has 3 atom stereocenters. The number of carbonyl (C=O) groups is 1. The second-order valence-electron chi connectivity index (χ2n) is 6.80. The Morgan fingerprint density at radius 2 is 1.59 bits per heavy atom. The molecule has 0 aliphatic carbocycles. The van der Waals surface area contributed by atoms with Crippen LogP contribution in [-0.4, -0.2) is 23.2 Å². The summed E-state index contributed by atoms with van der Waals surface area (Å²) in [7, 11) is 0. The smallest absolute Gasteiger partial charge is 0.185 e. The van der Waals surface area contributed by atoms with Crippen molar-refractivity contribution in [3.05, 3.63) is 101 Å². The lowest BCUT2D eigenvalue weighted by Crippen LogP contribution is -2.42. The van der Waals surface area contributed by atoms with Crippen molar-refractivity contribution in [2.45, 2.75) is 24.6 Å². The molecule has 3 nitrogen and oxygen atoms in total. The molecule has 1 heterocycles. The lowest BCUT2D eigenvalue weighted by molar-refractivity contribution is 0.0946. The van der Waals surface area contributed by atoms with Crippen LogP contribution >= 0.6 is 11.6 Å². The second kappa shape index (κ2) is 7.55. The van der Waals surface area contributed by atoms with Gasteiger partial charge >= 0.3 is 0 Å². The van der Waals surface area contributed by atoms with Crippen LogP contribution in [-0.2, 0) is 0 Å². The normalized spacial score (nSPS) is 22.0. The van der Waals surface area contributed by atoms with E-state index in [2.05, 4.69) is 0 Å². The molecule has 0 bridgehead atoms. The van der Waals surface area contributed by atoms with Gasteiger partial charge in [0.1, 0.15) is 12.3 Å². The zero-order valence-corrected chi connectivity index (χ0v) is 15.5. The Bertz CT molecular complexity index is 929. The number of nitrogens with zero attached hydrogens (tertiary/aromatic N) is 1. The number of Topliss-reactive ketones (excluding diaryl/α,β-unsaturated/α-hetero) is 1. The van der Waals surface area contributed by atoms with E-state index in [-0.39, 0.29) is 11.7 Å². The fourth-order valence-corrected chi connectivity index (χ4v) is 4.10. The average molecular weight is 378 g/mol. The molecule has 0 radical (unpaired) electrons. The van der Waals surface area contributed by atoms with Gasteiger partial charge < -0.3 is 10.0 Å². The minimum absolute atomic E-state index is 0.000906. The largest absolute Gasteiger partial charge is 0.374 e. The molecule has 0 aromatic heterocycles. The van der Waals surface area contributed by atoms with Crippen molar-refractivity contribution in [2.24, 2.45) is 0 Å². The number of halogens is 1. The fourth-order valence-electron chi connectivity index (χ4n) is 3.92. The molecule has 0 spiro atoms. The monoisotopic (exact) mass is 377 g/mol. The predicted octanol–water partition coefficient (Wildman–Crippen LogP) is 4.90. The van der Waals surface area contributed by atoms with E-state index in [0.717, 1.165) is 11.3 Å². The minimum Gasteiger partial charge on any atom is -0.374 e. The first-order chi connectivity index (χ1) is 13.1. The Morgan fingerprint density at radius 3 is 2.26 bits per heavy atom. The van der Waals surface area contributed by atoms with Crippen LogP contribution in [0.3, 0.4) is 0 Å². The third-order valence-electron chi connectivity index (χ3n) is 5.13.